The van der Waals surface area contributed by atoms with E-state index >= 15 is 0 Å². The van der Waals surface area contributed by atoms with Gasteiger partial charge in [-0.1, -0.05) is 6.07 Å². The lowest BCUT2D eigenvalue weighted by atomic mass is 10.1. The van der Waals surface area contributed by atoms with Crippen molar-refractivity contribution in [2.75, 3.05) is 12.4 Å². The highest BCUT2D eigenvalue weighted by molar-refractivity contribution is 5.99. The highest BCUT2D eigenvalue weighted by Gasteiger charge is 2.16. The van der Waals surface area contributed by atoms with Crippen LogP contribution in [0.1, 0.15) is 16.8 Å². The summed E-state index contributed by atoms with van der Waals surface area (Å²) in [5.74, 6) is -1.45. The molecular formula is C12H16N4O3. The average Bonchev–Trinajstić information content (AvgIpc) is 2.37. The van der Waals surface area contributed by atoms with Crippen LogP contribution in [0.5, 0.6) is 0 Å². The Hall–Kier alpha value is -2.41. The Morgan fingerprint density at radius 3 is 2.58 bits per heavy atom. The van der Waals surface area contributed by atoms with Gasteiger partial charge in [-0.15, -0.1) is 0 Å². The number of nitrogens with two attached hydrogens (primary N) is 2. The van der Waals surface area contributed by atoms with E-state index < -0.39 is 17.9 Å². The molecule has 1 aromatic carbocycles. The van der Waals surface area contributed by atoms with E-state index in [4.69, 9.17) is 11.5 Å². The van der Waals surface area contributed by atoms with Gasteiger partial charge < -0.3 is 22.1 Å². The normalized spacial score (nSPS) is 11.5. The van der Waals surface area contributed by atoms with Crippen LogP contribution in [0.4, 0.5) is 5.69 Å². The molecule has 7 heteroatoms. The van der Waals surface area contributed by atoms with Crippen LogP contribution in [0.25, 0.3) is 0 Å². The number of amides is 3. The van der Waals surface area contributed by atoms with E-state index in [0.717, 1.165) is 0 Å². The molecule has 0 aliphatic heterocycles. The zero-order chi connectivity index (χ0) is 14.4. The molecule has 0 heterocycles. The van der Waals surface area contributed by atoms with Crippen molar-refractivity contribution in [3.8, 4) is 0 Å². The van der Waals surface area contributed by atoms with Crippen molar-refractivity contribution in [2.45, 2.75) is 12.5 Å². The molecule has 0 saturated carbocycles. The Morgan fingerprint density at radius 2 is 2.00 bits per heavy atom. The average molecular weight is 264 g/mol. The Kier molecular flexibility index (Phi) is 5.01. The highest BCUT2D eigenvalue weighted by Crippen LogP contribution is 2.11. The first-order valence-corrected chi connectivity index (χ1v) is 5.61. The van der Waals surface area contributed by atoms with Gasteiger partial charge in [0, 0.05) is 18.3 Å². The van der Waals surface area contributed by atoms with Crippen LogP contribution in [0.15, 0.2) is 24.3 Å². The number of hydrogen-bond donors (Lipinski definition) is 4. The van der Waals surface area contributed by atoms with Gasteiger partial charge in [-0.2, -0.15) is 0 Å². The molecule has 7 nitrogen and oxygen atoms in total. The summed E-state index contributed by atoms with van der Waals surface area (Å²) in [5, 5.41) is 4.99. The first-order valence-electron chi connectivity index (χ1n) is 5.61. The molecule has 6 N–H and O–H groups in total. The maximum absolute atomic E-state index is 11.7. The topological polar surface area (TPSA) is 127 Å². The van der Waals surface area contributed by atoms with Crippen molar-refractivity contribution < 1.29 is 14.4 Å². The molecule has 1 unspecified atom stereocenters. The zero-order valence-electron chi connectivity index (χ0n) is 10.5. The second-order valence-electron chi connectivity index (χ2n) is 3.93. The number of hydrogen-bond acceptors (Lipinski definition) is 4. The lowest BCUT2D eigenvalue weighted by Crippen LogP contribution is -2.39. The van der Waals surface area contributed by atoms with Gasteiger partial charge in [-0.25, -0.2) is 0 Å². The number of carbonyl (C=O) groups excluding carboxylic acids is 3. The van der Waals surface area contributed by atoms with E-state index in [9.17, 15) is 14.4 Å². The fourth-order valence-corrected chi connectivity index (χ4v) is 1.43. The van der Waals surface area contributed by atoms with Gasteiger partial charge in [-0.05, 0) is 18.2 Å². The Morgan fingerprint density at radius 1 is 1.32 bits per heavy atom. The van der Waals surface area contributed by atoms with E-state index in [2.05, 4.69) is 10.6 Å². The summed E-state index contributed by atoms with van der Waals surface area (Å²) in [4.78, 5) is 33.7. The second kappa shape index (κ2) is 6.50. The molecule has 0 fully saturated rings. The lowest BCUT2D eigenvalue weighted by molar-refractivity contribution is -0.123. The molecule has 0 spiro atoms. The van der Waals surface area contributed by atoms with Crippen molar-refractivity contribution in [3.63, 3.8) is 0 Å². The second-order valence-corrected chi connectivity index (χ2v) is 3.93. The monoisotopic (exact) mass is 264 g/mol. The van der Waals surface area contributed by atoms with Crippen LogP contribution in [-0.4, -0.2) is 30.8 Å². The van der Waals surface area contributed by atoms with Gasteiger partial charge in [0.25, 0.3) is 5.91 Å². The third-order valence-electron chi connectivity index (χ3n) is 2.38. The largest absolute Gasteiger partial charge is 0.370 e. The minimum Gasteiger partial charge on any atom is -0.370 e. The highest BCUT2D eigenvalue weighted by atomic mass is 16.2. The minimum absolute atomic E-state index is 0.235. The molecule has 102 valence electrons. The summed E-state index contributed by atoms with van der Waals surface area (Å²) in [6.07, 6.45) is -0.235. The zero-order valence-corrected chi connectivity index (χ0v) is 10.5. The molecular weight excluding hydrogens is 248 g/mol. The molecule has 1 aromatic rings. The SMILES string of the molecule is CNC(=O)c1cccc(NC(=O)C(N)CC(N)=O)c1. The third-order valence-corrected chi connectivity index (χ3v) is 2.38. The molecule has 0 radical (unpaired) electrons. The molecule has 1 rings (SSSR count). The van der Waals surface area contributed by atoms with Crippen LogP contribution in [-0.2, 0) is 9.59 Å². The Bertz CT molecular complexity index is 502. The van der Waals surface area contributed by atoms with Gasteiger partial charge >= 0.3 is 0 Å². The molecule has 0 aliphatic carbocycles. The number of nitrogens with one attached hydrogen (secondary N) is 2. The summed E-state index contributed by atoms with van der Waals surface area (Å²) < 4.78 is 0. The van der Waals surface area contributed by atoms with Crippen LogP contribution in [0.2, 0.25) is 0 Å². The van der Waals surface area contributed by atoms with Crippen LogP contribution < -0.4 is 22.1 Å². The molecule has 0 aliphatic rings. The summed E-state index contributed by atoms with van der Waals surface area (Å²) in [5.41, 5.74) is 11.3. The number of carbonyl (C=O) groups is 3. The van der Waals surface area contributed by atoms with Gasteiger partial charge in [0.2, 0.25) is 11.8 Å². The summed E-state index contributed by atoms with van der Waals surface area (Å²) in [6, 6.07) is 5.34. The van der Waals surface area contributed by atoms with E-state index in [0.29, 0.717) is 11.3 Å². The van der Waals surface area contributed by atoms with Crippen molar-refractivity contribution >= 4 is 23.4 Å². The van der Waals surface area contributed by atoms with E-state index in [1.54, 1.807) is 18.2 Å². The van der Waals surface area contributed by atoms with Crippen molar-refractivity contribution in [1.29, 1.82) is 0 Å². The molecule has 0 saturated heterocycles. The molecule has 0 bridgehead atoms. The van der Waals surface area contributed by atoms with Crippen LogP contribution >= 0.6 is 0 Å². The molecule has 3 amide bonds. The van der Waals surface area contributed by atoms with Crippen LogP contribution in [0.3, 0.4) is 0 Å². The number of benzene rings is 1. The van der Waals surface area contributed by atoms with Crippen molar-refractivity contribution in [2.24, 2.45) is 11.5 Å². The summed E-state index contributed by atoms with van der Waals surface area (Å²) in [6.45, 7) is 0. The first kappa shape index (κ1) is 14.7. The molecule has 1 atom stereocenters. The Labute approximate surface area is 110 Å². The first-order chi connectivity index (χ1) is 8.93. The maximum Gasteiger partial charge on any atom is 0.251 e. The van der Waals surface area contributed by atoms with Crippen molar-refractivity contribution in [1.82, 2.24) is 5.32 Å². The molecule has 19 heavy (non-hydrogen) atoms. The van der Waals surface area contributed by atoms with Gasteiger partial charge in [-0.3, -0.25) is 14.4 Å². The molecule has 0 aromatic heterocycles. The predicted molar refractivity (Wildman–Crippen MR) is 70.2 cm³/mol. The third kappa shape index (κ3) is 4.40. The Balaban J connectivity index is 2.74. The quantitative estimate of drug-likeness (QED) is 0.554. The standard InChI is InChI=1S/C12H16N4O3/c1-15-11(18)7-3-2-4-8(5-7)16-12(19)9(13)6-10(14)17/h2-5,9H,6,13H2,1H3,(H2,14,17)(H,15,18)(H,16,19). The van der Waals surface area contributed by atoms with Gasteiger partial charge in [0.05, 0.1) is 12.5 Å². The van der Waals surface area contributed by atoms with Crippen LogP contribution in [0, 0.1) is 0 Å². The number of rotatable bonds is 5. The van der Waals surface area contributed by atoms with E-state index in [1.807, 2.05) is 0 Å². The number of anilines is 1. The predicted octanol–water partition coefficient (Wildman–Crippen LogP) is -0.813. The van der Waals surface area contributed by atoms with Gasteiger partial charge in [0.1, 0.15) is 0 Å². The fourth-order valence-electron chi connectivity index (χ4n) is 1.43. The van der Waals surface area contributed by atoms with Crippen molar-refractivity contribution in [3.05, 3.63) is 29.8 Å². The fraction of sp³-hybridized carbons (Fsp3) is 0.250. The van der Waals surface area contributed by atoms with E-state index in [-0.39, 0.29) is 12.3 Å². The van der Waals surface area contributed by atoms with Gasteiger partial charge in [0.15, 0.2) is 0 Å². The maximum atomic E-state index is 11.7. The number of primary amides is 1. The summed E-state index contributed by atoms with van der Waals surface area (Å²) >= 11 is 0. The smallest absolute Gasteiger partial charge is 0.251 e. The summed E-state index contributed by atoms with van der Waals surface area (Å²) in [7, 11) is 1.51. The van der Waals surface area contributed by atoms with E-state index in [1.165, 1.54) is 13.1 Å². The minimum atomic E-state index is -1.01. The lowest BCUT2D eigenvalue weighted by Gasteiger charge is -2.11.